The number of methoxy groups -OCH3 is 1. The van der Waals surface area contributed by atoms with Crippen LogP contribution in [0.3, 0.4) is 0 Å². The first-order valence-corrected chi connectivity index (χ1v) is 8.21. The second kappa shape index (κ2) is 7.80. The second-order valence-corrected chi connectivity index (χ2v) is 6.38. The Hall–Kier alpha value is -1.07. The fourth-order valence-electron chi connectivity index (χ4n) is 2.78. The van der Waals surface area contributed by atoms with E-state index in [1.807, 2.05) is 0 Å². The van der Waals surface area contributed by atoms with Crippen LogP contribution in [0.25, 0.3) is 0 Å². The molecule has 21 heavy (non-hydrogen) atoms. The van der Waals surface area contributed by atoms with Crippen LogP contribution in [0.5, 0.6) is 5.75 Å². The normalized spacial score (nSPS) is 17.3. The van der Waals surface area contributed by atoms with Crippen LogP contribution in [0.4, 0.5) is 0 Å². The Labute approximate surface area is 134 Å². The van der Waals surface area contributed by atoms with E-state index in [-0.39, 0.29) is 5.91 Å². The van der Waals surface area contributed by atoms with Gasteiger partial charge in [0.1, 0.15) is 5.75 Å². The molecule has 1 aliphatic rings. The highest BCUT2D eigenvalue weighted by Gasteiger charge is 2.22. The van der Waals surface area contributed by atoms with Gasteiger partial charge >= 0.3 is 0 Å². The number of ether oxygens (including phenoxy) is 1. The Bertz CT molecular complexity index is 486. The van der Waals surface area contributed by atoms with Gasteiger partial charge in [0.15, 0.2) is 0 Å². The molecule has 0 aromatic heterocycles. The van der Waals surface area contributed by atoms with Crippen LogP contribution in [-0.2, 0) is 0 Å². The number of rotatable bonds is 5. The van der Waals surface area contributed by atoms with Gasteiger partial charge in [-0.3, -0.25) is 4.79 Å². The average Bonchev–Trinajstić information content (AvgIpc) is 2.53. The number of benzene rings is 1. The van der Waals surface area contributed by atoms with Crippen LogP contribution in [0, 0.1) is 5.92 Å². The van der Waals surface area contributed by atoms with Crippen molar-refractivity contribution in [3.63, 3.8) is 0 Å². The fraction of sp³-hybridized carbons (Fsp3) is 0.562. The van der Waals surface area contributed by atoms with Gasteiger partial charge in [-0.1, -0.05) is 19.3 Å². The minimum Gasteiger partial charge on any atom is -0.497 e. The number of nitrogens with one attached hydrogen (secondary N) is 1. The van der Waals surface area contributed by atoms with E-state index in [0.717, 1.165) is 12.8 Å². The van der Waals surface area contributed by atoms with Crippen molar-refractivity contribution in [1.29, 1.82) is 0 Å². The Morgan fingerprint density at radius 2 is 2.14 bits per heavy atom. The van der Waals surface area contributed by atoms with Gasteiger partial charge in [0.05, 0.1) is 18.8 Å². The first-order chi connectivity index (χ1) is 10.1. The lowest BCUT2D eigenvalue weighted by molar-refractivity contribution is 0.0738. The maximum absolute atomic E-state index is 12.2. The third kappa shape index (κ3) is 4.45. The topological polar surface area (TPSA) is 58.6 Å². The molecule has 1 fully saturated rings. The maximum Gasteiger partial charge on any atom is 0.252 e. The lowest BCUT2D eigenvalue weighted by Gasteiger charge is -2.26. The molecule has 0 saturated heterocycles. The van der Waals surface area contributed by atoms with Crippen molar-refractivity contribution in [3.8, 4) is 5.75 Å². The Morgan fingerprint density at radius 1 is 1.43 bits per heavy atom. The molecular formula is C16H22BrNO3. The van der Waals surface area contributed by atoms with Gasteiger partial charge in [0.25, 0.3) is 5.91 Å². The predicted octanol–water partition coefficient (Wildman–Crippen LogP) is 3.13. The molecule has 0 aliphatic heterocycles. The summed E-state index contributed by atoms with van der Waals surface area (Å²) in [5.41, 5.74) is 0.519. The molecule has 1 aromatic carbocycles. The van der Waals surface area contributed by atoms with E-state index in [1.54, 1.807) is 25.3 Å². The number of carbonyl (C=O) groups excluding carboxylic acids is 1. The number of hydrogen-bond donors (Lipinski definition) is 2. The van der Waals surface area contributed by atoms with E-state index in [9.17, 15) is 9.90 Å². The lowest BCUT2D eigenvalue weighted by atomic mass is 9.85. The van der Waals surface area contributed by atoms with E-state index in [4.69, 9.17) is 4.74 Å². The third-order valence-electron chi connectivity index (χ3n) is 4.08. The van der Waals surface area contributed by atoms with Crippen molar-refractivity contribution in [2.75, 3.05) is 13.7 Å². The molecule has 5 heteroatoms. The standard InChI is InChI=1S/C16H22BrNO3/c1-21-12-7-8-14(17)13(9-12)16(20)18-10-15(19)11-5-3-2-4-6-11/h7-9,11,15,19H,2-6,10H2,1H3,(H,18,20). The van der Waals surface area contributed by atoms with Crippen LogP contribution < -0.4 is 10.1 Å². The van der Waals surface area contributed by atoms with Crippen molar-refractivity contribution >= 4 is 21.8 Å². The number of carbonyl (C=O) groups is 1. The van der Waals surface area contributed by atoms with E-state index < -0.39 is 6.10 Å². The van der Waals surface area contributed by atoms with Gasteiger partial charge in [0.2, 0.25) is 0 Å². The maximum atomic E-state index is 12.2. The van der Waals surface area contributed by atoms with Gasteiger partial charge in [-0.15, -0.1) is 0 Å². The van der Waals surface area contributed by atoms with Crippen LogP contribution in [0.15, 0.2) is 22.7 Å². The molecule has 1 unspecified atom stereocenters. The van der Waals surface area contributed by atoms with Gasteiger partial charge in [-0.25, -0.2) is 0 Å². The molecule has 1 aliphatic carbocycles. The van der Waals surface area contributed by atoms with Gasteiger partial charge in [0, 0.05) is 11.0 Å². The van der Waals surface area contributed by atoms with Crippen LogP contribution in [-0.4, -0.2) is 30.8 Å². The van der Waals surface area contributed by atoms with Crippen molar-refractivity contribution in [1.82, 2.24) is 5.32 Å². The van der Waals surface area contributed by atoms with Crippen LogP contribution in [0.1, 0.15) is 42.5 Å². The molecule has 0 radical (unpaired) electrons. The van der Waals surface area contributed by atoms with Gasteiger partial charge in [-0.2, -0.15) is 0 Å². The minimum absolute atomic E-state index is 0.198. The van der Waals surface area contributed by atoms with Crippen LogP contribution in [0.2, 0.25) is 0 Å². The number of hydrogen-bond acceptors (Lipinski definition) is 3. The molecular weight excluding hydrogens is 334 g/mol. The summed E-state index contributed by atoms with van der Waals surface area (Å²) in [5, 5.41) is 13.0. The summed E-state index contributed by atoms with van der Waals surface area (Å²) >= 11 is 3.36. The molecule has 0 bridgehead atoms. The Morgan fingerprint density at radius 3 is 2.81 bits per heavy atom. The highest BCUT2D eigenvalue weighted by Crippen LogP contribution is 2.26. The molecule has 0 heterocycles. The first-order valence-electron chi connectivity index (χ1n) is 7.41. The van der Waals surface area contributed by atoms with E-state index in [1.165, 1.54) is 19.3 Å². The zero-order valence-electron chi connectivity index (χ0n) is 12.3. The second-order valence-electron chi connectivity index (χ2n) is 5.52. The van der Waals surface area contributed by atoms with Gasteiger partial charge in [-0.05, 0) is 52.9 Å². The number of aliphatic hydroxyl groups excluding tert-OH is 1. The Balaban J connectivity index is 1.92. The zero-order valence-corrected chi connectivity index (χ0v) is 13.9. The predicted molar refractivity (Wildman–Crippen MR) is 85.6 cm³/mol. The molecule has 4 nitrogen and oxygen atoms in total. The largest absolute Gasteiger partial charge is 0.497 e. The summed E-state index contributed by atoms with van der Waals surface area (Å²) in [4.78, 5) is 12.2. The minimum atomic E-state index is -0.460. The Kier molecular flexibility index (Phi) is 6.06. The zero-order chi connectivity index (χ0) is 15.2. The smallest absolute Gasteiger partial charge is 0.252 e. The number of amides is 1. The molecule has 1 atom stereocenters. The number of halogens is 1. The third-order valence-corrected chi connectivity index (χ3v) is 4.78. The molecule has 0 spiro atoms. The van der Waals surface area contributed by atoms with Crippen molar-refractivity contribution in [2.24, 2.45) is 5.92 Å². The molecule has 1 saturated carbocycles. The molecule has 2 rings (SSSR count). The van der Waals surface area contributed by atoms with Crippen molar-refractivity contribution in [3.05, 3.63) is 28.2 Å². The lowest BCUT2D eigenvalue weighted by Crippen LogP contribution is -2.37. The van der Waals surface area contributed by atoms with E-state index in [0.29, 0.717) is 28.2 Å². The molecule has 116 valence electrons. The monoisotopic (exact) mass is 355 g/mol. The summed E-state index contributed by atoms with van der Waals surface area (Å²) in [6.07, 6.45) is 5.26. The summed E-state index contributed by atoms with van der Waals surface area (Å²) in [7, 11) is 1.57. The summed E-state index contributed by atoms with van der Waals surface area (Å²) < 4.78 is 5.85. The average molecular weight is 356 g/mol. The molecule has 1 aromatic rings. The SMILES string of the molecule is COc1ccc(Br)c(C(=O)NCC(O)C2CCCCC2)c1. The van der Waals surface area contributed by atoms with Gasteiger partial charge < -0.3 is 15.2 Å². The van der Waals surface area contributed by atoms with Crippen molar-refractivity contribution < 1.29 is 14.6 Å². The summed E-state index contributed by atoms with van der Waals surface area (Å²) in [5.74, 6) is 0.750. The number of aliphatic hydroxyl groups is 1. The summed E-state index contributed by atoms with van der Waals surface area (Å²) in [6.45, 7) is 0.299. The molecule has 1 amide bonds. The van der Waals surface area contributed by atoms with E-state index >= 15 is 0 Å². The van der Waals surface area contributed by atoms with E-state index in [2.05, 4.69) is 21.2 Å². The summed E-state index contributed by atoms with van der Waals surface area (Å²) in [6, 6.07) is 5.26. The fourth-order valence-corrected chi connectivity index (χ4v) is 3.21. The first kappa shape index (κ1) is 16.3. The highest BCUT2D eigenvalue weighted by atomic mass is 79.9. The highest BCUT2D eigenvalue weighted by molar-refractivity contribution is 9.10. The van der Waals surface area contributed by atoms with Crippen LogP contribution >= 0.6 is 15.9 Å². The van der Waals surface area contributed by atoms with Crippen molar-refractivity contribution in [2.45, 2.75) is 38.2 Å². The molecule has 2 N–H and O–H groups in total. The quantitative estimate of drug-likeness (QED) is 0.852.